The van der Waals surface area contributed by atoms with Crippen LogP contribution in [0.3, 0.4) is 0 Å². The van der Waals surface area contributed by atoms with Crippen molar-refractivity contribution in [3.63, 3.8) is 0 Å². The molecule has 3 aromatic carbocycles. The lowest BCUT2D eigenvalue weighted by atomic mass is 9.64. The highest BCUT2D eigenvalue weighted by molar-refractivity contribution is 5.80. The molecule has 3 aliphatic carbocycles. The summed E-state index contributed by atoms with van der Waals surface area (Å²) in [6, 6.07) is 28.5. The van der Waals surface area contributed by atoms with Crippen molar-refractivity contribution >= 4 is 17.7 Å². The van der Waals surface area contributed by atoms with Crippen molar-refractivity contribution in [1.82, 2.24) is 16.0 Å². The second kappa shape index (κ2) is 26.4. The number of hydrogen-bond donors (Lipinski definition) is 6. The molecule has 0 aliphatic heterocycles. The van der Waals surface area contributed by atoms with Crippen molar-refractivity contribution in [2.45, 2.75) is 159 Å². The van der Waals surface area contributed by atoms with Gasteiger partial charge in [0.25, 0.3) is 0 Å². The number of carbonyl (C=O) groups excluding carboxylic acids is 3. The van der Waals surface area contributed by atoms with Crippen LogP contribution in [0.5, 0.6) is 0 Å². The minimum absolute atomic E-state index is 0.0572. The Morgan fingerprint density at radius 3 is 0.855 bits per heavy atom. The summed E-state index contributed by atoms with van der Waals surface area (Å²) in [7, 11) is 0. The number of carbonyl (C=O) groups is 3. The monoisotopic (exact) mass is 952 g/mol. The molecule has 6 N–H and O–H groups in total. The maximum absolute atomic E-state index is 12.7. The van der Waals surface area contributed by atoms with E-state index in [1.807, 2.05) is 91.0 Å². The third kappa shape index (κ3) is 18.3. The largest absolute Gasteiger partial charge is 0.387 e. The highest BCUT2D eigenvalue weighted by atomic mass is 16.3. The van der Waals surface area contributed by atoms with Gasteiger partial charge in [0.1, 0.15) is 0 Å². The van der Waals surface area contributed by atoms with Crippen LogP contribution in [-0.4, -0.2) is 52.7 Å². The van der Waals surface area contributed by atoms with Crippen LogP contribution < -0.4 is 16.0 Å². The van der Waals surface area contributed by atoms with Gasteiger partial charge in [0.15, 0.2) is 0 Å². The quantitative estimate of drug-likeness (QED) is 0.0894. The molecule has 9 nitrogen and oxygen atoms in total. The zero-order chi connectivity index (χ0) is 51.1. The SMILES string of the molecule is CC(C)C1CCC(C)(C)CC1C(=O)NCC(O)c1ccccc1.CC(C)C1CCC(C)(C)CC1C(=O)NC[C@@H](O)c1ccccc1.CC(C)C1CCC(C)(C)CC1C(=O)NC[C@H](O)c1ccccc1. The molecule has 0 heterocycles. The number of aliphatic hydroxyl groups excluding tert-OH is 3. The Labute approximate surface area is 417 Å². The van der Waals surface area contributed by atoms with Crippen LogP contribution in [0.1, 0.15) is 176 Å². The minimum atomic E-state index is -0.644. The topological polar surface area (TPSA) is 148 Å². The number of nitrogens with one attached hydrogen (secondary N) is 3. The molecule has 9 heteroatoms. The first-order valence-corrected chi connectivity index (χ1v) is 26.4. The molecule has 3 fully saturated rings. The molecule has 3 amide bonds. The third-order valence-electron chi connectivity index (χ3n) is 15.9. The van der Waals surface area contributed by atoms with Gasteiger partial charge in [-0.25, -0.2) is 0 Å². The van der Waals surface area contributed by atoms with Crippen LogP contribution in [0.4, 0.5) is 0 Å². The van der Waals surface area contributed by atoms with Gasteiger partial charge >= 0.3 is 0 Å². The number of benzene rings is 3. The summed E-state index contributed by atoms with van der Waals surface area (Å²) in [4.78, 5) is 38.1. The summed E-state index contributed by atoms with van der Waals surface area (Å²) in [5.41, 5.74) is 3.22. The van der Waals surface area contributed by atoms with Crippen LogP contribution >= 0.6 is 0 Å². The Balaban J connectivity index is 0.000000225. The van der Waals surface area contributed by atoms with E-state index in [-0.39, 0.29) is 71.4 Å². The second-order valence-corrected chi connectivity index (χ2v) is 24.3. The van der Waals surface area contributed by atoms with Gasteiger partial charge in [-0.2, -0.15) is 0 Å². The smallest absolute Gasteiger partial charge is 0.223 e. The first kappa shape index (κ1) is 57.5. The summed E-state index contributed by atoms with van der Waals surface area (Å²) in [5.74, 6) is 3.35. The standard InChI is InChI=1S/3C20H31NO2/c3*1-14(2)16-10-11-20(3,4)12-17(16)19(23)21-13-18(22)15-8-6-5-7-9-15/h3*5-9,14,16-18,22H,10-13H2,1-4H3,(H,21,23)/t2*16?,17?,18-;/m10./s1. The Morgan fingerprint density at radius 1 is 0.435 bits per heavy atom. The molecule has 384 valence electrons. The minimum Gasteiger partial charge on any atom is -0.387 e. The fraction of sp³-hybridized carbons (Fsp3) is 0.650. The number of rotatable bonds is 15. The van der Waals surface area contributed by atoms with Crippen molar-refractivity contribution in [2.24, 2.45) is 69.5 Å². The molecule has 3 aliphatic rings. The third-order valence-corrected chi connectivity index (χ3v) is 15.9. The summed E-state index contributed by atoms with van der Waals surface area (Å²) in [5, 5.41) is 39.6. The lowest BCUT2D eigenvalue weighted by Gasteiger charge is -2.41. The van der Waals surface area contributed by atoms with Gasteiger partial charge in [-0.15, -0.1) is 0 Å². The predicted octanol–water partition coefficient (Wildman–Crippen LogP) is 11.8. The van der Waals surface area contributed by atoms with Crippen molar-refractivity contribution in [3.05, 3.63) is 108 Å². The lowest BCUT2D eigenvalue weighted by molar-refractivity contribution is -0.131. The normalized spacial score (nSPS) is 25.1. The van der Waals surface area contributed by atoms with Gasteiger partial charge in [0.2, 0.25) is 17.7 Å². The van der Waals surface area contributed by atoms with E-state index in [1.54, 1.807) is 0 Å². The molecule has 69 heavy (non-hydrogen) atoms. The molecular formula is C60H93N3O6. The molecular weight excluding hydrogens is 859 g/mol. The molecule has 0 radical (unpaired) electrons. The van der Waals surface area contributed by atoms with Gasteiger partial charge in [-0.3, -0.25) is 14.4 Å². The predicted molar refractivity (Wildman–Crippen MR) is 282 cm³/mol. The van der Waals surface area contributed by atoms with E-state index in [0.717, 1.165) is 55.2 Å². The molecule has 3 saturated carbocycles. The van der Waals surface area contributed by atoms with Crippen molar-refractivity contribution in [2.75, 3.05) is 19.6 Å². The number of hydrogen-bond acceptors (Lipinski definition) is 6. The average Bonchev–Trinajstić information content (AvgIpc) is 3.31. The van der Waals surface area contributed by atoms with Crippen LogP contribution in [0, 0.1) is 69.5 Å². The summed E-state index contributed by atoms with van der Waals surface area (Å²) in [6.45, 7) is 27.6. The van der Waals surface area contributed by atoms with Gasteiger partial charge in [0.05, 0.1) is 18.3 Å². The number of amides is 3. The Kier molecular flexibility index (Phi) is 22.0. The van der Waals surface area contributed by atoms with Crippen LogP contribution in [0.2, 0.25) is 0 Å². The summed E-state index contributed by atoms with van der Waals surface area (Å²) >= 11 is 0. The maximum Gasteiger partial charge on any atom is 0.223 e. The lowest BCUT2D eigenvalue weighted by Crippen LogP contribution is -2.43. The van der Waals surface area contributed by atoms with Gasteiger partial charge < -0.3 is 31.3 Å². The van der Waals surface area contributed by atoms with Crippen LogP contribution in [0.15, 0.2) is 91.0 Å². The van der Waals surface area contributed by atoms with E-state index in [0.29, 0.717) is 35.5 Å². The Bertz CT molecular complexity index is 1760. The maximum atomic E-state index is 12.7. The second-order valence-electron chi connectivity index (χ2n) is 24.3. The van der Waals surface area contributed by atoms with Gasteiger partial charge in [-0.05, 0) is 126 Å². The Morgan fingerprint density at radius 2 is 0.652 bits per heavy atom. The zero-order valence-corrected chi connectivity index (χ0v) is 44.6. The molecule has 0 spiro atoms. The van der Waals surface area contributed by atoms with Crippen molar-refractivity contribution in [1.29, 1.82) is 0 Å². The fourth-order valence-electron chi connectivity index (χ4n) is 11.4. The van der Waals surface area contributed by atoms with Crippen molar-refractivity contribution in [3.8, 4) is 0 Å². The molecule has 0 bridgehead atoms. The highest BCUT2D eigenvalue weighted by Crippen LogP contribution is 2.47. The Hall–Kier alpha value is -4.05. The summed E-state index contributed by atoms with van der Waals surface area (Å²) < 4.78 is 0. The van der Waals surface area contributed by atoms with E-state index in [1.165, 1.54) is 19.3 Å². The molecule has 6 rings (SSSR count). The van der Waals surface area contributed by atoms with Crippen LogP contribution in [-0.2, 0) is 14.4 Å². The van der Waals surface area contributed by atoms with E-state index >= 15 is 0 Å². The van der Waals surface area contributed by atoms with Gasteiger partial charge in [0, 0.05) is 37.4 Å². The first-order chi connectivity index (χ1) is 32.4. The zero-order valence-electron chi connectivity index (χ0n) is 44.6. The van der Waals surface area contributed by atoms with E-state index in [9.17, 15) is 29.7 Å². The van der Waals surface area contributed by atoms with E-state index in [2.05, 4.69) is 99.0 Å². The highest BCUT2D eigenvalue weighted by Gasteiger charge is 2.42. The molecule has 0 aromatic heterocycles. The average molecular weight is 952 g/mol. The number of aliphatic hydroxyl groups is 3. The van der Waals surface area contributed by atoms with Gasteiger partial charge in [-0.1, -0.05) is 174 Å². The van der Waals surface area contributed by atoms with Crippen LogP contribution in [0.25, 0.3) is 0 Å². The van der Waals surface area contributed by atoms with E-state index < -0.39 is 18.3 Å². The van der Waals surface area contributed by atoms with Crippen molar-refractivity contribution < 1.29 is 29.7 Å². The molecule has 3 aromatic rings. The fourth-order valence-corrected chi connectivity index (χ4v) is 11.4. The summed E-state index contributed by atoms with van der Waals surface area (Å²) in [6.07, 6.45) is 7.77. The molecule has 0 saturated heterocycles. The molecule has 9 atom stereocenters. The molecule has 7 unspecified atom stereocenters. The first-order valence-electron chi connectivity index (χ1n) is 26.4. The van der Waals surface area contributed by atoms with E-state index in [4.69, 9.17) is 0 Å².